The number of fused-ring (bicyclic) bond motifs is 2. The van der Waals surface area contributed by atoms with Crippen molar-refractivity contribution < 1.29 is 22.8 Å². The number of nitrogens with one attached hydrogen (secondary N) is 1. The molecule has 0 spiro atoms. The normalized spacial score (nSPS) is 28.9. The Morgan fingerprint density at radius 3 is 2.69 bits per heavy atom. The Morgan fingerprint density at radius 2 is 1.97 bits per heavy atom. The van der Waals surface area contributed by atoms with Crippen LogP contribution >= 0.6 is 7.75 Å². The standard InChI is InChI=1S/C23H33N6O5PSi/c1-23(2,3)36(4,5)34-19-18-16(12-31-35(30,33-18)28-11-15-9-7-6-8-10-15)32-22(19)29-14-27-17-20(24)25-13-26-21(17)29/h6-10,13-14,16,18-19,22H,11-12H2,1-5H3,(H,28,30)(H2,24,25,26)/t16-,18-,19-,22-,35+/m1/s1. The molecule has 0 saturated carbocycles. The molecule has 2 saturated heterocycles. The minimum atomic E-state index is -3.62. The van der Waals surface area contributed by atoms with Gasteiger partial charge in [-0.3, -0.25) is 13.6 Å². The van der Waals surface area contributed by atoms with E-state index in [0.717, 1.165) is 5.56 Å². The van der Waals surface area contributed by atoms with Crippen LogP contribution < -0.4 is 10.8 Å². The van der Waals surface area contributed by atoms with Crippen LogP contribution in [0.25, 0.3) is 11.2 Å². The van der Waals surface area contributed by atoms with Gasteiger partial charge in [0.05, 0.1) is 12.9 Å². The molecule has 0 radical (unpaired) electrons. The Balaban J connectivity index is 1.46. The van der Waals surface area contributed by atoms with Gasteiger partial charge in [-0.1, -0.05) is 51.1 Å². The summed E-state index contributed by atoms with van der Waals surface area (Å²) in [4.78, 5) is 12.8. The summed E-state index contributed by atoms with van der Waals surface area (Å²) in [7, 11) is -5.92. The number of ether oxygens (including phenoxy) is 1. The lowest BCUT2D eigenvalue weighted by Crippen LogP contribution is -2.50. The fourth-order valence-corrected chi connectivity index (χ4v) is 6.93. The highest BCUT2D eigenvalue weighted by Gasteiger charge is 2.56. The van der Waals surface area contributed by atoms with Gasteiger partial charge < -0.3 is 14.9 Å². The summed E-state index contributed by atoms with van der Waals surface area (Å²) in [6, 6.07) is 9.68. The van der Waals surface area contributed by atoms with Crippen molar-refractivity contribution >= 4 is 33.0 Å². The van der Waals surface area contributed by atoms with E-state index in [9.17, 15) is 4.57 Å². The van der Waals surface area contributed by atoms with E-state index in [2.05, 4.69) is 53.9 Å². The highest BCUT2D eigenvalue weighted by Crippen LogP contribution is 2.54. The Morgan fingerprint density at radius 1 is 1.22 bits per heavy atom. The number of anilines is 1. The fraction of sp³-hybridized carbons (Fsp3) is 0.522. The van der Waals surface area contributed by atoms with Crippen LogP contribution in [0.2, 0.25) is 18.1 Å². The number of nitrogens with zero attached hydrogens (tertiary/aromatic N) is 4. The Hall–Kier alpha value is -2.18. The second-order valence-corrected chi connectivity index (χ2v) is 17.2. The third-order valence-electron chi connectivity index (χ3n) is 7.17. The molecule has 13 heteroatoms. The van der Waals surface area contributed by atoms with Gasteiger partial charge in [-0.15, -0.1) is 0 Å². The molecule has 2 aliphatic heterocycles. The minimum absolute atomic E-state index is 0.0698. The lowest BCUT2D eigenvalue weighted by Gasteiger charge is -2.41. The van der Waals surface area contributed by atoms with Crippen molar-refractivity contribution in [1.82, 2.24) is 24.6 Å². The van der Waals surface area contributed by atoms with Crippen LogP contribution in [0.1, 0.15) is 32.6 Å². The zero-order valence-corrected chi connectivity index (χ0v) is 23.0. The van der Waals surface area contributed by atoms with E-state index in [0.29, 0.717) is 17.7 Å². The third-order valence-corrected chi connectivity index (χ3v) is 13.2. The summed E-state index contributed by atoms with van der Waals surface area (Å²) < 4.78 is 40.5. The summed E-state index contributed by atoms with van der Waals surface area (Å²) in [6.45, 7) is 11.3. The van der Waals surface area contributed by atoms with E-state index in [1.165, 1.54) is 6.33 Å². The quantitative estimate of drug-likeness (QED) is 0.354. The van der Waals surface area contributed by atoms with Crippen molar-refractivity contribution in [2.75, 3.05) is 12.3 Å². The Kier molecular flexibility index (Phi) is 6.57. The monoisotopic (exact) mass is 532 g/mol. The number of hydrogen-bond donors (Lipinski definition) is 2. The molecule has 0 amide bonds. The first-order chi connectivity index (χ1) is 17.0. The summed E-state index contributed by atoms with van der Waals surface area (Å²) in [5, 5.41) is 2.91. The molecular formula is C23H33N6O5PSi. The smallest absolute Gasteiger partial charge is 0.406 e. The minimum Gasteiger partial charge on any atom is -0.407 e. The van der Waals surface area contributed by atoms with E-state index in [1.54, 1.807) is 10.9 Å². The number of hydrogen-bond acceptors (Lipinski definition) is 9. The molecule has 36 heavy (non-hydrogen) atoms. The molecule has 0 unspecified atom stereocenters. The zero-order valence-electron chi connectivity index (χ0n) is 21.1. The molecule has 0 bridgehead atoms. The Bertz CT molecular complexity index is 1280. The first-order valence-corrected chi connectivity index (χ1v) is 16.4. The van der Waals surface area contributed by atoms with E-state index >= 15 is 0 Å². The largest absolute Gasteiger partial charge is 0.407 e. The van der Waals surface area contributed by atoms with Crippen LogP contribution in [0, 0.1) is 0 Å². The lowest BCUT2D eigenvalue weighted by atomic mass is 10.1. The van der Waals surface area contributed by atoms with Gasteiger partial charge in [0.15, 0.2) is 26.0 Å². The SMILES string of the molecule is CC(C)(C)[Si](C)(C)O[C@@H]1[C@@H]2O[P@](=O)(NCc3ccccc3)OC[C@H]2O[C@H]1n1cnc2c(N)ncnc21. The number of benzene rings is 1. The highest BCUT2D eigenvalue weighted by atomic mass is 31.2. The van der Waals surface area contributed by atoms with E-state index < -0.39 is 40.6 Å². The second kappa shape index (κ2) is 9.28. The molecule has 2 fully saturated rings. The molecule has 5 rings (SSSR count). The topological polar surface area (TPSA) is 136 Å². The summed E-state index contributed by atoms with van der Waals surface area (Å²) >= 11 is 0. The van der Waals surface area contributed by atoms with Crippen molar-refractivity contribution in [3.63, 3.8) is 0 Å². The lowest BCUT2D eigenvalue weighted by molar-refractivity contribution is -0.0593. The number of aromatic nitrogens is 4. The molecule has 11 nitrogen and oxygen atoms in total. The van der Waals surface area contributed by atoms with Crippen LogP contribution in [-0.2, 0) is 29.3 Å². The van der Waals surface area contributed by atoms with Crippen molar-refractivity contribution in [2.45, 2.75) is 70.0 Å². The van der Waals surface area contributed by atoms with Gasteiger partial charge in [-0.2, -0.15) is 0 Å². The van der Waals surface area contributed by atoms with Gasteiger partial charge in [0.25, 0.3) is 0 Å². The molecule has 2 aliphatic rings. The van der Waals surface area contributed by atoms with Crippen LogP contribution in [0.3, 0.4) is 0 Å². The van der Waals surface area contributed by atoms with E-state index in [-0.39, 0.29) is 17.5 Å². The second-order valence-electron chi connectivity index (χ2n) is 10.7. The van der Waals surface area contributed by atoms with Crippen molar-refractivity contribution in [1.29, 1.82) is 0 Å². The fourth-order valence-electron chi connectivity index (χ4n) is 4.12. The van der Waals surface area contributed by atoms with Crippen LogP contribution in [-0.4, -0.2) is 52.8 Å². The van der Waals surface area contributed by atoms with Gasteiger partial charge in [0.2, 0.25) is 0 Å². The van der Waals surface area contributed by atoms with Gasteiger partial charge in [-0.25, -0.2) is 24.6 Å². The molecule has 0 aliphatic carbocycles. The number of rotatable bonds is 6. The van der Waals surface area contributed by atoms with E-state index in [4.69, 9.17) is 23.9 Å². The Labute approximate surface area is 211 Å². The molecule has 3 aromatic rings. The molecule has 5 atom stereocenters. The van der Waals surface area contributed by atoms with Crippen LogP contribution in [0.15, 0.2) is 43.0 Å². The summed E-state index contributed by atoms with van der Waals surface area (Å²) in [6.07, 6.45) is 0.708. The van der Waals surface area contributed by atoms with Crippen molar-refractivity contribution in [3.05, 3.63) is 48.5 Å². The average Bonchev–Trinajstić information content (AvgIpc) is 3.40. The maximum Gasteiger partial charge on any atom is 0.406 e. The van der Waals surface area contributed by atoms with Crippen molar-refractivity contribution in [3.8, 4) is 0 Å². The zero-order chi connectivity index (χ0) is 25.7. The van der Waals surface area contributed by atoms with Crippen LogP contribution in [0.5, 0.6) is 0 Å². The van der Waals surface area contributed by atoms with E-state index in [1.807, 2.05) is 30.3 Å². The van der Waals surface area contributed by atoms with Gasteiger partial charge in [0, 0.05) is 6.54 Å². The predicted molar refractivity (Wildman–Crippen MR) is 137 cm³/mol. The number of nitrogens with two attached hydrogens (primary N) is 1. The average molecular weight is 533 g/mol. The van der Waals surface area contributed by atoms with Crippen molar-refractivity contribution in [2.24, 2.45) is 0 Å². The number of imidazole rings is 1. The molecule has 3 N–H and O–H groups in total. The molecule has 1 aromatic carbocycles. The van der Waals surface area contributed by atoms with Gasteiger partial charge in [0.1, 0.15) is 30.2 Å². The molecule has 2 aromatic heterocycles. The first-order valence-electron chi connectivity index (χ1n) is 12.0. The predicted octanol–water partition coefficient (Wildman–Crippen LogP) is 4.01. The first kappa shape index (κ1) is 25.5. The van der Waals surface area contributed by atoms with Gasteiger partial charge in [-0.05, 0) is 23.7 Å². The summed E-state index contributed by atoms with van der Waals surface area (Å²) in [5.74, 6) is 0.283. The third kappa shape index (κ3) is 4.74. The van der Waals surface area contributed by atoms with Gasteiger partial charge >= 0.3 is 7.75 Å². The summed E-state index contributed by atoms with van der Waals surface area (Å²) in [5.41, 5.74) is 7.99. The maximum absolute atomic E-state index is 13.6. The maximum atomic E-state index is 13.6. The molecule has 194 valence electrons. The van der Waals surface area contributed by atoms with Crippen LogP contribution in [0.4, 0.5) is 5.82 Å². The number of nitrogen functional groups attached to an aromatic ring is 1. The molecular weight excluding hydrogens is 499 g/mol. The highest BCUT2D eigenvalue weighted by molar-refractivity contribution is 7.51. The molecule has 4 heterocycles.